The number of hydrogen-bond donors (Lipinski definition) is 2. The van der Waals surface area contributed by atoms with E-state index in [0.29, 0.717) is 0 Å². The molecule has 3 rings (SSSR count). The Morgan fingerprint density at radius 3 is 3.16 bits per heavy atom. The Hall–Kier alpha value is -1.60. The lowest BCUT2D eigenvalue weighted by molar-refractivity contribution is 0.173. The zero-order valence-corrected chi connectivity index (χ0v) is 11.7. The van der Waals surface area contributed by atoms with E-state index in [0.717, 1.165) is 46.9 Å². The molecule has 0 atom stereocenters. The summed E-state index contributed by atoms with van der Waals surface area (Å²) in [6.45, 7) is 1.89. The molecule has 1 aliphatic rings. The van der Waals surface area contributed by atoms with E-state index in [1.165, 1.54) is 6.33 Å². The number of nitrogens with zero attached hydrogens (tertiary/aromatic N) is 2. The Labute approximate surface area is 118 Å². The number of benzene rings is 1. The van der Waals surface area contributed by atoms with Crippen molar-refractivity contribution >= 4 is 15.9 Å². The van der Waals surface area contributed by atoms with Gasteiger partial charge in [0, 0.05) is 19.5 Å². The van der Waals surface area contributed by atoms with Crippen LogP contribution in [0.2, 0.25) is 0 Å². The zero-order chi connectivity index (χ0) is 13.1. The van der Waals surface area contributed by atoms with Gasteiger partial charge in [-0.2, -0.15) is 5.10 Å². The predicted molar refractivity (Wildman–Crippen MR) is 72.1 cm³/mol. The lowest BCUT2D eigenvalue weighted by Gasteiger charge is -2.06. The number of hydrogen-bond acceptors (Lipinski definition) is 5. The molecule has 0 fully saturated rings. The van der Waals surface area contributed by atoms with E-state index in [1.54, 1.807) is 0 Å². The molecule has 1 aromatic carbocycles. The first-order chi connectivity index (χ1) is 9.33. The number of fused-ring (bicyclic) bond motifs is 1. The van der Waals surface area contributed by atoms with E-state index in [1.807, 2.05) is 12.1 Å². The van der Waals surface area contributed by atoms with Crippen molar-refractivity contribution in [2.24, 2.45) is 0 Å². The van der Waals surface area contributed by atoms with E-state index in [4.69, 9.17) is 9.47 Å². The summed E-state index contributed by atoms with van der Waals surface area (Å²) in [5.41, 5.74) is 1.15. The lowest BCUT2D eigenvalue weighted by atomic mass is 10.2. The fourth-order valence-electron chi connectivity index (χ4n) is 1.91. The highest BCUT2D eigenvalue weighted by atomic mass is 79.9. The van der Waals surface area contributed by atoms with Crippen LogP contribution in [0.25, 0.3) is 0 Å². The van der Waals surface area contributed by atoms with Crippen LogP contribution >= 0.6 is 15.9 Å². The summed E-state index contributed by atoms with van der Waals surface area (Å²) in [4.78, 5) is 4.07. The third-order valence-corrected chi connectivity index (χ3v) is 3.41. The molecule has 0 radical (unpaired) electrons. The van der Waals surface area contributed by atoms with E-state index in [2.05, 4.69) is 36.4 Å². The number of H-pyrrole nitrogens is 1. The van der Waals surface area contributed by atoms with Crippen molar-refractivity contribution in [3.05, 3.63) is 34.3 Å². The number of halogens is 1. The number of aromatic amines is 1. The SMILES string of the molecule is Brc1cc(CNCCc2ncn[nH]2)cc2c1OCO2. The summed E-state index contributed by atoms with van der Waals surface area (Å²) in [6, 6.07) is 4.03. The van der Waals surface area contributed by atoms with Crippen LogP contribution in [0.5, 0.6) is 11.5 Å². The molecule has 0 saturated carbocycles. The highest BCUT2D eigenvalue weighted by molar-refractivity contribution is 9.10. The van der Waals surface area contributed by atoms with Crippen molar-refractivity contribution in [3.63, 3.8) is 0 Å². The average Bonchev–Trinajstić information content (AvgIpc) is 3.05. The van der Waals surface area contributed by atoms with Gasteiger partial charge in [0.2, 0.25) is 6.79 Å². The number of aromatic nitrogens is 3. The minimum atomic E-state index is 0.288. The molecule has 2 N–H and O–H groups in total. The predicted octanol–water partition coefficient (Wildman–Crippen LogP) is 1.63. The molecule has 0 unspecified atom stereocenters. The minimum absolute atomic E-state index is 0.288. The Bertz CT molecular complexity index is 559. The standard InChI is InChI=1S/C12H13BrN4O2/c13-9-3-8(4-10-12(9)19-7-18-10)5-14-2-1-11-15-6-16-17-11/h3-4,6,14H,1-2,5,7H2,(H,15,16,17). The molecule has 100 valence electrons. The lowest BCUT2D eigenvalue weighted by Crippen LogP contribution is -2.17. The van der Waals surface area contributed by atoms with Gasteiger partial charge in [-0.25, -0.2) is 4.98 Å². The van der Waals surface area contributed by atoms with Crippen molar-refractivity contribution in [2.75, 3.05) is 13.3 Å². The molecule has 0 aliphatic carbocycles. The average molecular weight is 325 g/mol. The van der Waals surface area contributed by atoms with Crippen LogP contribution in [-0.4, -0.2) is 28.5 Å². The van der Waals surface area contributed by atoms with Gasteiger partial charge < -0.3 is 14.8 Å². The molecular weight excluding hydrogens is 312 g/mol. The molecule has 0 spiro atoms. The third kappa shape index (κ3) is 2.87. The topological polar surface area (TPSA) is 72.1 Å². The normalized spacial score (nSPS) is 12.9. The maximum Gasteiger partial charge on any atom is 0.231 e. The summed E-state index contributed by atoms with van der Waals surface area (Å²) in [5, 5.41) is 10.00. The molecule has 0 saturated heterocycles. The summed E-state index contributed by atoms with van der Waals surface area (Å²) in [7, 11) is 0. The van der Waals surface area contributed by atoms with E-state index < -0.39 is 0 Å². The molecule has 7 heteroatoms. The van der Waals surface area contributed by atoms with Crippen LogP contribution in [-0.2, 0) is 13.0 Å². The fourth-order valence-corrected chi connectivity index (χ4v) is 2.52. The number of ether oxygens (including phenoxy) is 2. The van der Waals surface area contributed by atoms with Crippen LogP contribution in [0.3, 0.4) is 0 Å². The summed E-state index contributed by atoms with van der Waals surface area (Å²) >= 11 is 3.48. The van der Waals surface area contributed by atoms with Crippen LogP contribution in [0.15, 0.2) is 22.9 Å². The summed E-state index contributed by atoms with van der Waals surface area (Å²) < 4.78 is 11.7. The van der Waals surface area contributed by atoms with Gasteiger partial charge in [0.1, 0.15) is 12.2 Å². The first-order valence-electron chi connectivity index (χ1n) is 5.96. The molecule has 1 aromatic heterocycles. The second-order valence-electron chi connectivity index (χ2n) is 4.17. The minimum Gasteiger partial charge on any atom is -0.454 e. The van der Waals surface area contributed by atoms with Gasteiger partial charge in [-0.3, -0.25) is 5.10 Å². The van der Waals surface area contributed by atoms with Crippen LogP contribution in [0, 0.1) is 0 Å². The Kier molecular flexibility index (Phi) is 3.65. The van der Waals surface area contributed by atoms with Gasteiger partial charge in [-0.05, 0) is 33.6 Å². The van der Waals surface area contributed by atoms with Crippen molar-refractivity contribution in [3.8, 4) is 11.5 Å². The maximum atomic E-state index is 5.38. The number of rotatable bonds is 5. The summed E-state index contributed by atoms with van der Waals surface area (Å²) in [5.74, 6) is 2.46. The smallest absolute Gasteiger partial charge is 0.231 e. The molecule has 2 aromatic rings. The van der Waals surface area contributed by atoms with Gasteiger partial charge in [-0.15, -0.1) is 0 Å². The van der Waals surface area contributed by atoms with E-state index >= 15 is 0 Å². The fraction of sp³-hybridized carbons (Fsp3) is 0.333. The van der Waals surface area contributed by atoms with Crippen molar-refractivity contribution in [2.45, 2.75) is 13.0 Å². The molecule has 6 nitrogen and oxygen atoms in total. The number of nitrogens with one attached hydrogen (secondary N) is 2. The third-order valence-electron chi connectivity index (χ3n) is 2.82. The first kappa shape index (κ1) is 12.4. The second kappa shape index (κ2) is 5.58. The largest absolute Gasteiger partial charge is 0.454 e. The van der Waals surface area contributed by atoms with Gasteiger partial charge in [0.15, 0.2) is 11.5 Å². The van der Waals surface area contributed by atoms with Crippen molar-refractivity contribution in [1.82, 2.24) is 20.5 Å². The molecular formula is C12H13BrN4O2. The molecule has 0 amide bonds. The van der Waals surface area contributed by atoms with Gasteiger partial charge >= 0.3 is 0 Å². The first-order valence-corrected chi connectivity index (χ1v) is 6.75. The molecule has 0 bridgehead atoms. The van der Waals surface area contributed by atoms with Crippen LogP contribution in [0.1, 0.15) is 11.4 Å². The zero-order valence-electron chi connectivity index (χ0n) is 10.1. The highest BCUT2D eigenvalue weighted by Gasteiger charge is 2.17. The quantitative estimate of drug-likeness (QED) is 0.818. The van der Waals surface area contributed by atoms with E-state index in [9.17, 15) is 0 Å². The monoisotopic (exact) mass is 324 g/mol. The maximum absolute atomic E-state index is 5.38. The Balaban J connectivity index is 1.54. The second-order valence-corrected chi connectivity index (χ2v) is 5.02. The van der Waals surface area contributed by atoms with Crippen molar-refractivity contribution < 1.29 is 9.47 Å². The van der Waals surface area contributed by atoms with Crippen LogP contribution < -0.4 is 14.8 Å². The van der Waals surface area contributed by atoms with Gasteiger partial charge in [-0.1, -0.05) is 0 Å². The highest BCUT2D eigenvalue weighted by Crippen LogP contribution is 2.39. The van der Waals surface area contributed by atoms with Crippen molar-refractivity contribution in [1.29, 1.82) is 0 Å². The molecule has 1 aliphatic heterocycles. The molecule has 2 heterocycles. The van der Waals surface area contributed by atoms with Crippen LogP contribution in [0.4, 0.5) is 0 Å². The molecule has 19 heavy (non-hydrogen) atoms. The van der Waals surface area contributed by atoms with E-state index in [-0.39, 0.29) is 6.79 Å². The van der Waals surface area contributed by atoms with Gasteiger partial charge in [0.05, 0.1) is 4.47 Å². The Morgan fingerprint density at radius 2 is 2.32 bits per heavy atom. The Morgan fingerprint density at radius 1 is 1.37 bits per heavy atom. The van der Waals surface area contributed by atoms with Gasteiger partial charge in [0.25, 0.3) is 0 Å². The summed E-state index contributed by atoms with van der Waals surface area (Å²) in [6.07, 6.45) is 2.34.